The number of hydrogen-bond donors (Lipinski definition) is 2. The Kier molecular flexibility index (Phi) is 7.13. The van der Waals surface area contributed by atoms with E-state index in [0.29, 0.717) is 30.0 Å². The molecule has 0 aliphatic carbocycles. The van der Waals surface area contributed by atoms with Crippen LogP contribution in [0.3, 0.4) is 0 Å². The summed E-state index contributed by atoms with van der Waals surface area (Å²) in [5.41, 5.74) is 0.401. The molecule has 3 rings (SSSR count). The van der Waals surface area contributed by atoms with Crippen molar-refractivity contribution >= 4 is 50.5 Å². The Hall–Kier alpha value is -2.29. The number of likely N-dealkylation sites (tertiary alicyclic amines) is 1. The molecule has 2 aromatic rings. The summed E-state index contributed by atoms with van der Waals surface area (Å²) in [6, 6.07) is 8.39. The molecule has 2 N–H and O–H groups in total. The zero-order valence-electron chi connectivity index (χ0n) is 16.8. The molecule has 2 aromatic carbocycles. The van der Waals surface area contributed by atoms with Gasteiger partial charge in [-0.25, -0.2) is 8.42 Å². The van der Waals surface area contributed by atoms with Crippen LogP contribution in [0.4, 0.5) is 5.69 Å². The molecular weight excluding hydrogens is 463 g/mol. The number of halogens is 2. The molecule has 1 atom stereocenters. The molecule has 0 spiro atoms. The molecule has 2 amide bonds. The third-order valence-corrected chi connectivity index (χ3v) is 7.68. The van der Waals surface area contributed by atoms with Crippen molar-refractivity contribution in [3.63, 3.8) is 0 Å². The zero-order valence-corrected chi connectivity index (χ0v) is 19.1. The Morgan fingerprint density at radius 3 is 2.58 bits per heavy atom. The number of nitrogens with zero attached hydrogens (tertiary/aromatic N) is 1. The van der Waals surface area contributed by atoms with Crippen molar-refractivity contribution in [2.24, 2.45) is 5.92 Å². The molecule has 1 aliphatic heterocycles. The molecule has 0 radical (unpaired) electrons. The van der Waals surface area contributed by atoms with Gasteiger partial charge in [0.2, 0.25) is 5.91 Å². The van der Waals surface area contributed by atoms with Gasteiger partial charge in [0.15, 0.2) is 9.84 Å². The lowest BCUT2D eigenvalue weighted by Crippen LogP contribution is -2.43. The summed E-state index contributed by atoms with van der Waals surface area (Å²) in [5.74, 6) is -1.49. The Bertz CT molecular complexity index is 1120. The highest BCUT2D eigenvalue weighted by Crippen LogP contribution is 2.29. The Balaban J connectivity index is 1.73. The fourth-order valence-electron chi connectivity index (χ4n) is 3.40. The molecule has 1 fully saturated rings. The Morgan fingerprint density at radius 2 is 1.90 bits per heavy atom. The van der Waals surface area contributed by atoms with Crippen LogP contribution in [0.25, 0.3) is 0 Å². The van der Waals surface area contributed by atoms with E-state index in [2.05, 4.69) is 5.32 Å². The quantitative estimate of drug-likeness (QED) is 0.624. The highest BCUT2D eigenvalue weighted by atomic mass is 35.5. The molecule has 1 aliphatic rings. The van der Waals surface area contributed by atoms with Gasteiger partial charge in [-0.1, -0.05) is 30.1 Å². The lowest BCUT2D eigenvalue weighted by atomic mass is 9.96. The summed E-state index contributed by atoms with van der Waals surface area (Å²) in [6.07, 6.45) is 1.19. The van der Waals surface area contributed by atoms with Crippen LogP contribution in [0.2, 0.25) is 10.0 Å². The van der Waals surface area contributed by atoms with Crippen molar-refractivity contribution in [2.45, 2.75) is 24.7 Å². The number of carbonyl (C=O) groups excluding carboxylic acids is 2. The third kappa shape index (κ3) is 5.31. The van der Waals surface area contributed by atoms with E-state index >= 15 is 0 Å². The minimum Gasteiger partial charge on any atom is -0.506 e. The van der Waals surface area contributed by atoms with Gasteiger partial charge in [0, 0.05) is 18.7 Å². The predicted octanol–water partition coefficient (Wildman–Crippen LogP) is 3.98. The summed E-state index contributed by atoms with van der Waals surface area (Å²) in [4.78, 5) is 27.2. The van der Waals surface area contributed by atoms with Crippen LogP contribution in [0.5, 0.6) is 5.75 Å². The van der Waals surface area contributed by atoms with Crippen LogP contribution in [-0.4, -0.2) is 49.1 Å². The monoisotopic (exact) mass is 484 g/mol. The first-order valence-corrected chi connectivity index (χ1v) is 12.1. The fraction of sp³-hybridized carbons (Fsp3) is 0.333. The molecule has 0 bridgehead atoms. The first-order chi connectivity index (χ1) is 14.6. The maximum Gasteiger partial charge on any atom is 0.253 e. The van der Waals surface area contributed by atoms with Crippen LogP contribution >= 0.6 is 23.2 Å². The molecule has 31 heavy (non-hydrogen) atoms. The van der Waals surface area contributed by atoms with Crippen molar-refractivity contribution in [1.29, 1.82) is 0 Å². The molecule has 166 valence electrons. The summed E-state index contributed by atoms with van der Waals surface area (Å²) in [7, 11) is -3.49. The Morgan fingerprint density at radius 1 is 1.16 bits per heavy atom. The van der Waals surface area contributed by atoms with E-state index in [1.807, 2.05) is 0 Å². The van der Waals surface area contributed by atoms with Gasteiger partial charge in [0.25, 0.3) is 5.91 Å². The van der Waals surface area contributed by atoms with E-state index in [1.54, 1.807) is 17.0 Å². The minimum absolute atomic E-state index is 0.0168. The highest BCUT2D eigenvalue weighted by Gasteiger charge is 2.30. The van der Waals surface area contributed by atoms with E-state index in [-0.39, 0.29) is 39.6 Å². The molecule has 7 nitrogen and oxygen atoms in total. The summed E-state index contributed by atoms with van der Waals surface area (Å²) in [5, 5.41) is 13.3. The van der Waals surface area contributed by atoms with Crippen LogP contribution in [0.1, 0.15) is 30.1 Å². The number of anilines is 1. The number of benzene rings is 2. The van der Waals surface area contributed by atoms with Gasteiger partial charge in [0.05, 0.1) is 32.3 Å². The third-order valence-electron chi connectivity index (χ3n) is 5.21. The van der Waals surface area contributed by atoms with E-state index in [9.17, 15) is 23.1 Å². The average Bonchev–Trinajstić information content (AvgIpc) is 2.76. The number of phenols is 1. The van der Waals surface area contributed by atoms with E-state index in [4.69, 9.17) is 23.2 Å². The lowest BCUT2D eigenvalue weighted by Gasteiger charge is -2.32. The number of amides is 2. The maximum atomic E-state index is 12.8. The SMILES string of the molecule is CCS(=O)(=O)c1ccc(O)c(NC(=O)C2CCCN(C(=O)c3ccc(Cl)c(Cl)c3)C2)c1. The lowest BCUT2D eigenvalue weighted by molar-refractivity contribution is -0.121. The number of sulfone groups is 1. The largest absolute Gasteiger partial charge is 0.506 e. The van der Waals surface area contributed by atoms with Gasteiger partial charge in [-0.15, -0.1) is 0 Å². The van der Waals surface area contributed by atoms with Gasteiger partial charge >= 0.3 is 0 Å². The highest BCUT2D eigenvalue weighted by molar-refractivity contribution is 7.91. The smallest absolute Gasteiger partial charge is 0.253 e. The summed E-state index contributed by atoms with van der Waals surface area (Å²) in [6.45, 7) is 2.21. The van der Waals surface area contributed by atoms with Gasteiger partial charge in [0.1, 0.15) is 5.75 Å². The maximum absolute atomic E-state index is 12.8. The minimum atomic E-state index is -3.49. The molecule has 1 saturated heterocycles. The molecule has 0 aromatic heterocycles. The number of nitrogens with one attached hydrogen (secondary N) is 1. The van der Waals surface area contributed by atoms with Gasteiger partial charge in [-0.3, -0.25) is 9.59 Å². The Labute approximate surface area is 190 Å². The first-order valence-electron chi connectivity index (χ1n) is 9.73. The van der Waals surface area contributed by atoms with Crippen molar-refractivity contribution in [2.75, 3.05) is 24.2 Å². The molecule has 10 heteroatoms. The number of piperidine rings is 1. The van der Waals surface area contributed by atoms with E-state index < -0.39 is 21.7 Å². The number of carbonyl (C=O) groups is 2. The second-order valence-electron chi connectivity index (χ2n) is 7.29. The number of aromatic hydroxyl groups is 1. The van der Waals surface area contributed by atoms with Crippen molar-refractivity contribution in [3.8, 4) is 5.75 Å². The number of rotatable bonds is 5. The molecular formula is C21H22Cl2N2O5S. The normalized spacial score (nSPS) is 16.7. The van der Waals surface area contributed by atoms with E-state index in [1.165, 1.54) is 31.2 Å². The summed E-state index contributed by atoms with van der Waals surface area (Å²) >= 11 is 11.9. The number of hydrogen-bond acceptors (Lipinski definition) is 5. The zero-order chi connectivity index (χ0) is 22.8. The first kappa shape index (κ1) is 23.4. The van der Waals surface area contributed by atoms with Crippen LogP contribution in [0, 0.1) is 5.92 Å². The average molecular weight is 485 g/mol. The second-order valence-corrected chi connectivity index (χ2v) is 10.4. The molecule has 1 unspecified atom stereocenters. The predicted molar refractivity (Wildman–Crippen MR) is 120 cm³/mol. The molecule has 1 heterocycles. The van der Waals surface area contributed by atoms with Crippen molar-refractivity contribution < 1.29 is 23.1 Å². The molecule has 0 saturated carbocycles. The standard InChI is InChI=1S/C21H22Cl2N2O5S/c1-2-31(29,30)15-6-8-19(26)18(11-15)24-20(27)14-4-3-9-25(12-14)21(28)13-5-7-16(22)17(23)10-13/h5-8,10-11,14,26H,2-4,9,12H2,1H3,(H,24,27). The van der Waals surface area contributed by atoms with Gasteiger partial charge < -0.3 is 15.3 Å². The number of phenolic OH excluding ortho intramolecular Hbond substituents is 1. The fourth-order valence-corrected chi connectivity index (χ4v) is 4.60. The topological polar surface area (TPSA) is 104 Å². The van der Waals surface area contributed by atoms with Gasteiger partial charge in [-0.2, -0.15) is 0 Å². The van der Waals surface area contributed by atoms with Gasteiger partial charge in [-0.05, 0) is 49.2 Å². The van der Waals surface area contributed by atoms with Crippen LogP contribution < -0.4 is 5.32 Å². The summed E-state index contributed by atoms with van der Waals surface area (Å²) < 4.78 is 24.2. The van der Waals surface area contributed by atoms with Crippen LogP contribution in [0.15, 0.2) is 41.3 Å². The van der Waals surface area contributed by atoms with Crippen molar-refractivity contribution in [1.82, 2.24) is 4.90 Å². The second kappa shape index (κ2) is 9.46. The van der Waals surface area contributed by atoms with Crippen molar-refractivity contribution in [3.05, 3.63) is 52.0 Å². The van der Waals surface area contributed by atoms with E-state index in [0.717, 1.165) is 0 Å². The van der Waals surface area contributed by atoms with Crippen LogP contribution in [-0.2, 0) is 14.6 Å².